The fraction of sp³-hybridized carbons (Fsp3) is 0.500. The number of carbonyl (C=O) groups is 1. The lowest BCUT2D eigenvalue weighted by Crippen LogP contribution is -2.37. The van der Waals surface area contributed by atoms with Gasteiger partial charge in [0.05, 0.1) is 6.54 Å². The van der Waals surface area contributed by atoms with Gasteiger partial charge in [-0.1, -0.05) is 11.6 Å². The average molecular weight is 306 g/mol. The van der Waals surface area contributed by atoms with E-state index in [0.29, 0.717) is 10.6 Å². The van der Waals surface area contributed by atoms with E-state index in [0.717, 1.165) is 12.8 Å². The minimum absolute atomic E-state index is 0.0188. The van der Waals surface area contributed by atoms with Crippen molar-refractivity contribution in [3.8, 4) is 0 Å². The Balaban J connectivity index is 1.89. The minimum Gasteiger partial charge on any atom is -0.294 e. The molecule has 0 amide bonds. The molecule has 0 bridgehead atoms. The topological polar surface area (TPSA) is 20.3 Å². The highest BCUT2D eigenvalue weighted by Gasteiger charge is 2.37. The van der Waals surface area contributed by atoms with Gasteiger partial charge in [-0.3, -0.25) is 9.69 Å². The SMILES string of the molecule is O=C(CCN(CC(F)(F)F)C1CC1)c1ccc(Cl)cc1. The standard InChI is InChI=1S/C14H15ClF3NO/c15-11-3-1-10(2-4-11)13(20)7-8-19(12-5-6-12)9-14(16,17)18/h1-4,12H,5-9H2. The zero-order valence-corrected chi connectivity index (χ0v) is 11.5. The Morgan fingerprint density at radius 1 is 1.25 bits per heavy atom. The summed E-state index contributed by atoms with van der Waals surface area (Å²) in [6.45, 7) is -0.794. The number of benzene rings is 1. The van der Waals surface area contributed by atoms with Crippen molar-refractivity contribution >= 4 is 17.4 Å². The zero-order chi connectivity index (χ0) is 14.8. The third-order valence-corrected chi connectivity index (χ3v) is 3.49. The van der Waals surface area contributed by atoms with E-state index in [9.17, 15) is 18.0 Å². The second-order valence-corrected chi connectivity index (χ2v) is 5.43. The summed E-state index contributed by atoms with van der Waals surface area (Å²) in [5.41, 5.74) is 0.483. The Morgan fingerprint density at radius 3 is 2.35 bits per heavy atom. The van der Waals surface area contributed by atoms with Crippen molar-refractivity contribution in [1.82, 2.24) is 4.90 Å². The van der Waals surface area contributed by atoms with Crippen molar-refractivity contribution in [2.75, 3.05) is 13.1 Å². The fourth-order valence-corrected chi connectivity index (χ4v) is 2.21. The number of Topliss-reactive ketones (excluding diaryl/α,β-unsaturated/α-hetero) is 1. The van der Waals surface area contributed by atoms with E-state index in [-0.39, 0.29) is 24.8 Å². The van der Waals surface area contributed by atoms with Crippen LogP contribution in [0.1, 0.15) is 29.6 Å². The summed E-state index contributed by atoms with van der Waals surface area (Å²) in [4.78, 5) is 13.3. The third kappa shape index (κ3) is 4.80. The molecule has 110 valence electrons. The van der Waals surface area contributed by atoms with Crippen LogP contribution in [0, 0.1) is 0 Å². The number of carbonyl (C=O) groups excluding carboxylic acids is 1. The van der Waals surface area contributed by atoms with Crippen LogP contribution in [-0.2, 0) is 0 Å². The highest BCUT2D eigenvalue weighted by Crippen LogP contribution is 2.30. The van der Waals surface area contributed by atoms with Gasteiger partial charge >= 0.3 is 6.18 Å². The predicted molar refractivity (Wildman–Crippen MR) is 71.0 cm³/mol. The highest BCUT2D eigenvalue weighted by molar-refractivity contribution is 6.30. The molecule has 0 N–H and O–H groups in total. The third-order valence-electron chi connectivity index (χ3n) is 3.24. The Bertz CT molecular complexity index is 468. The molecule has 0 atom stereocenters. The first-order valence-electron chi connectivity index (χ1n) is 6.45. The predicted octanol–water partition coefficient (Wildman–Crippen LogP) is 3.94. The van der Waals surface area contributed by atoms with Crippen LogP contribution < -0.4 is 0 Å². The Kier molecular flexibility index (Phi) is 4.70. The van der Waals surface area contributed by atoms with Crippen molar-refractivity contribution in [3.05, 3.63) is 34.9 Å². The molecule has 0 heterocycles. The molecule has 1 saturated carbocycles. The summed E-state index contributed by atoms with van der Waals surface area (Å²) < 4.78 is 37.3. The Morgan fingerprint density at radius 2 is 1.85 bits per heavy atom. The van der Waals surface area contributed by atoms with Gasteiger partial charge in [0.15, 0.2) is 5.78 Å². The molecule has 0 radical (unpaired) electrons. The van der Waals surface area contributed by atoms with Crippen LogP contribution >= 0.6 is 11.6 Å². The molecule has 0 unspecified atom stereocenters. The summed E-state index contributed by atoms with van der Waals surface area (Å²) >= 11 is 5.72. The first kappa shape index (κ1) is 15.3. The van der Waals surface area contributed by atoms with Gasteiger partial charge in [-0.2, -0.15) is 13.2 Å². The normalized spacial score (nSPS) is 15.7. The second-order valence-electron chi connectivity index (χ2n) is 5.00. The summed E-state index contributed by atoms with van der Waals surface area (Å²) in [5.74, 6) is -0.158. The smallest absolute Gasteiger partial charge is 0.294 e. The molecule has 0 aromatic heterocycles. The largest absolute Gasteiger partial charge is 0.401 e. The first-order chi connectivity index (χ1) is 9.35. The maximum Gasteiger partial charge on any atom is 0.401 e. The number of hydrogen-bond donors (Lipinski definition) is 0. The van der Waals surface area contributed by atoms with E-state index in [2.05, 4.69) is 0 Å². The molecule has 2 nitrogen and oxygen atoms in total. The van der Waals surface area contributed by atoms with Crippen molar-refractivity contribution in [2.24, 2.45) is 0 Å². The lowest BCUT2D eigenvalue weighted by Gasteiger charge is -2.22. The van der Waals surface area contributed by atoms with Crippen LogP contribution in [0.25, 0.3) is 0 Å². The molecule has 0 spiro atoms. The lowest BCUT2D eigenvalue weighted by atomic mass is 10.1. The van der Waals surface area contributed by atoms with Gasteiger partial charge in [0.2, 0.25) is 0 Å². The van der Waals surface area contributed by atoms with Crippen molar-refractivity contribution in [3.63, 3.8) is 0 Å². The molecular weight excluding hydrogens is 291 g/mol. The summed E-state index contributed by atoms with van der Waals surface area (Å²) in [5, 5.41) is 0.526. The van der Waals surface area contributed by atoms with Crippen LogP contribution in [0.5, 0.6) is 0 Å². The van der Waals surface area contributed by atoms with Gasteiger partial charge in [-0.25, -0.2) is 0 Å². The van der Waals surface area contributed by atoms with E-state index < -0.39 is 12.7 Å². The number of hydrogen-bond acceptors (Lipinski definition) is 2. The van der Waals surface area contributed by atoms with Gasteiger partial charge in [0.25, 0.3) is 0 Å². The molecule has 0 aliphatic heterocycles. The second kappa shape index (κ2) is 6.14. The highest BCUT2D eigenvalue weighted by atomic mass is 35.5. The minimum atomic E-state index is -4.22. The Hall–Kier alpha value is -1.07. The number of alkyl halides is 3. The van der Waals surface area contributed by atoms with Gasteiger partial charge < -0.3 is 0 Å². The van der Waals surface area contributed by atoms with Crippen molar-refractivity contribution < 1.29 is 18.0 Å². The number of nitrogens with zero attached hydrogens (tertiary/aromatic N) is 1. The van der Waals surface area contributed by atoms with Crippen LogP contribution in [0.2, 0.25) is 5.02 Å². The van der Waals surface area contributed by atoms with Crippen LogP contribution in [0.15, 0.2) is 24.3 Å². The average Bonchev–Trinajstić information content (AvgIpc) is 3.17. The van der Waals surface area contributed by atoms with E-state index >= 15 is 0 Å². The van der Waals surface area contributed by atoms with Gasteiger partial charge in [0, 0.05) is 29.6 Å². The molecule has 0 saturated heterocycles. The summed E-state index contributed by atoms with van der Waals surface area (Å²) in [6, 6.07) is 6.37. The first-order valence-corrected chi connectivity index (χ1v) is 6.82. The van der Waals surface area contributed by atoms with Gasteiger partial charge in [-0.15, -0.1) is 0 Å². The van der Waals surface area contributed by atoms with Crippen molar-refractivity contribution in [1.29, 1.82) is 0 Å². The van der Waals surface area contributed by atoms with Crippen LogP contribution in [0.4, 0.5) is 13.2 Å². The van der Waals surface area contributed by atoms with Gasteiger partial charge in [0.1, 0.15) is 0 Å². The molecular formula is C14H15ClF3NO. The monoisotopic (exact) mass is 305 g/mol. The quantitative estimate of drug-likeness (QED) is 0.742. The maximum absolute atomic E-state index is 12.4. The molecule has 20 heavy (non-hydrogen) atoms. The van der Waals surface area contributed by atoms with E-state index in [4.69, 9.17) is 11.6 Å². The molecule has 6 heteroatoms. The molecule has 1 fully saturated rings. The Labute approximate surface area is 120 Å². The molecule has 2 rings (SSSR count). The maximum atomic E-state index is 12.4. The van der Waals surface area contributed by atoms with Crippen LogP contribution in [0.3, 0.4) is 0 Å². The number of halogens is 4. The lowest BCUT2D eigenvalue weighted by molar-refractivity contribution is -0.147. The molecule has 1 aliphatic carbocycles. The summed E-state index contributed by atoms with van der Waals surface area (Å²) in [7, 11) is 0. The molecule has 1 aromatic carbocycles. The van der Waals surface area contributed by atoms with E-state index in [1.807, 2.05) is 0 Å². The number of ketones is 1. The number of rotatable bonds is 6. The van der Waals surface area contributed by atoms with E-state index in [1.165, 1.54) is 4.90 Å². The van der Waals surface area contributed by atoms with E-state index in [1.54, 1.807) is 24.3 Å². The van der Waals surface area contributed by atoms with Crippen LogP contribution in [-0.4, -0.2) is 36.0 Å². The van der Waals surface area contributed by atoms with Crippen molar-refractivity contribution in [2.45, 2.75) is 31.5 Å². The fourth-order valence-electron chi connectivity index (χ4n) is 2.09. The molecule has 1 aliphatic rings. The zero-order valence-electron chi connectivity index (χ0n) is 10.8. The van der Waals surface area contributed by atoms with Gasteiger partial charge in [-0.05, 0) is 37.1 Å². The molecule has 1 aromatic rings. The summed E-state index contributed by atoms with van der Waals surface area (Å²) in [6.07, 6.45) is -2.56.